The number of phenolic OH excluding ortho intramolecular Hbond substituents is 1. The summed E-state index contributed by atoms with van der Waals surface area (Å²) in [5.41, 5.74) is 11.2. The number of anilines is 1. The third-order valence-corrected chi connectivity index (χ3v) is 8.77. The van der Waals surface area contributed by atoms with E-state index in [4.69, 9.17) is 11.5 Å². The molecule has 238 valence electrons. The van der Waals surface area contributed by atoms with E-state index in [1.54, 1.807) is 13.0 Å². The molecule has 0 radical (unpaired) electrons. The van der Waals surface area contributed by atoms with Gasteiger partial charge in [-0.2, -0.15) is 0 Å². The Morgan fingerprint density at radius 3 is 2.14 bits per heavy atom. The molecule has 0 aliphatic heterocycles. The van der Waals surface area contributed by atoms with E-state index in [1.807, 2.05) is 71.0 Å². The highest BCUT2D eigenvalue weighted by Gasteiger charge is 2.63. The number of hydrogen-bond acceptors (Lipinski definition) is 9. The second kappa shape index (κ2) is 13.2. The Balaban J connectivity index is 0.00000127. The van der Waals surface area contributed by atoms with Crippen LogP contribution in [-0.4, -0.2) is 57.6 Å². The van der Waals surface area contributed by atoms with Crippen LogP contribution in [0.25, 0.3) is 16.9 Å². The van der Waals surface area contributed by atoms with Gasteiger partial charge in [0.2, 0.25) is 5.78 Å². The van der Waals surface area contributed by atoms with Crippen LogP contribution in [0.1, 0.15) is 64.2 Å². The van der Waals surface area contributed by atoms with Gasteiger partial charge >= 0.3 is 0 Å². The van der Waals surface area contributed by atoms with Crippen molar-refractivity contribution in [2.45, 2.75) is 66.0 Å². The molecule has 1 saturated carbocycles. The highest BCUT2D eigenvalue weighted by Crippen LogP contribution is 2.55. The lowest BCUT2D eigenvalue weighted by Gasteiger charge is -2.49. The topological polar surface area (TPSA) is 187 Å². The van der Waals surface area contributed by atoms with E-state index in [9.17, 15) is 34.8 Å². The second-order valence-corrected chi connectivity index (χ2v) is 11.0. The molecule has 8 N–H and O–H groups in total. The predicted molar refractivity (Wildman–Crippen MR) is 171 cm³/mol. The van der Waals surface area contributed by atoms with Crippen LogP contribution in [0.3, 0.4) is 0 Å². The Bertz CT molecular complexity index is 1520. The monoisotopic (exact) mass is 607 g/mol. The van der Waals surface area contributed by atoms with E-state index in [0.29, 0.717) is 11.1 Å². The van der Waals surface area contributed by atoms with Crippen LogP contribution in [-0.2, 0) is 27.3 Å². The number of primary amides is 1. The molecule has 1 unspecified atom stereocenters. The van der Waals surface area contributed by atoms with Gasteiger partial charge in [0.1, 0.15) is 22.8 Å². The number of phenols is 1. The van der Waals surface area contributed by atoms with Crippen LogP contribution in [0.4, 0.5) is 5.69 Å². The van der Waals surface area contributed by atoms with Gasteiger partial charge in [0, 0.05) is 49.3 Å². The fourth-order valence-corrected chi connectivity index (χ4v) is 6.73. The number of carbonyl (C=O) groups excluding carboxylic acids is 3. The normalized spacial score (nSPS) is 23.8. The molecule has 0 heterocycles. The number of fused-ring (bicyclic) bond motifs is 3. The Kier molecular flexibility index (Phi) is 10.3. The summed E-state index contributed by atoms with van der Waals surface area (Å²) >= 11 is 0. The van der Waals surface area contributed by atoms with Crippen molar-refractivity contribution in [3.63, 3.8) is 0 Å². The first-order valence-electron chi connectivity index (χ1n) is 15.2. The zero-order valence-electron chi connectivity index (χ0n) is 26.6. The molecule has 0 aromatic heterocycles. The quantitative estimate of drug-likeness (QED) is 0.269. The molecule has 0 bridgehead atoms. The number of carbonyl (C=O) groups is 3. The minimum absolute atomic E-state index is 0.0359. The molecule has 1 fully saturated rings. The van der Waals surface area contributed by atoms with Gasteiger partial charge in [-0.3, -0.25) is 14.4 Å². The number of Topliss-reactive ketones (excluding diaryl/α,β-unsaturated/α-hetero) is 2. The number of nitrogens with zero attached hydrogens (tertiary/aromatic N) is 1. The number of nitrogens with two attached hydrogens (primary N) is 2. The summed E-state index contributed by atoms with van der Waals surface area (Å²) < 4.78 is 0. The molecule has 2 aromatic rings. The Hall–Kier alpha value is -4.15. The average Bonchev–Trinajstić information content (AvgIpc) is 3.01. The molecular weight excluding hydrogens is 562 g/mol. The molecule has 44 heavy (non-hydrogen) atoms. The van der Waals surface area contributed by atoms with Crippen LogP contribution in [0, 0.1) is 17.8 Å². The summed E-state index contributed by atoms with van der Waals surface area (Å²) in [4.78, 5) is 41.1. The number of aliphatic hydroxyl groups excluding tert-OH is 2. The first-order chi connectivity index (χ1) is 20.9. The van der Waals surface area contributed by atoms with Gasteiger partial charge in [-0.05, 0) is 60.1 Å². The number of hydrogen-bond donors (Lipinski definition) is 6. The van der Waals surface area contributed by atoms with Crippen molar-refractivity contribution in [2.24, 2.45) is 29.2 Å². The molecule has 0 spiro atoms. The third-order valence-electron chi connectivity index (χ3n) is 8.77. The maximum absolute atomic E-state index is 14.0. The maximum Gasteiger partial charge on any atom is 0.255 e. The summed E-state index contributed by atoms with van der Waals surface area (Å²) in [7, 11) is 3.85. The fourth-order valence-electron chi connectivity index (χ4n) is 6.73. The van der Waals surface area contributed by atoms with Crippen molar-refractivity contribution < 1.29 is 34.8 Å². The Morgan fingerprint density at radius 2 is 1.64 bits per heavy atom. The Morgan fingerprint density at radius 1 is 1.05 bits per heavy atom. The summed E-state index contributed by atoms with van der Waals surface area (Å²) in [6.45, 7) is 9.65. The Labute approximate surface area is 258 Å². The van der Waals surface area contributed by atoms with Gasteiger partial charge < -0.3 is 36.8 Å². The predicted octanol–water partition coefficient (Wildman–Crippen LogP) is 4.30. The number of benzene rings is 2. The number of aromatic hydroxyl groups is 1. The molecule has 5 rings (SSSR count). The highest BCUT2D eigenvalue weighted by atomic mass is 16.3. The molecule has 10 nitrogen and oxygen atoms in total. The van der Waals surface area contributed by atoms with Crippen LogP contribution in [0.15, 0.2) is 47.2 Å². The smallest absolute Gasteiger partial charge is 0.255 e. The van der Waals surface area contributed by atoms with Crippen LogP contribution < -0.4 is 16.4 Å². The van der Waals surface area contributed by atoms with Gasteiger partial charge in [-0.15, -0.1) is 0 Å². The maximum atomic E-state index is 14.0. The molecule has 3 aliphatic carbocycles. The van der Waals surface area contributed by atoms with Gasteiger partial charge in [-0.25, -0.2) is 0 Å². The second-order valence-electron chi connectivity index (χ2n) is 11.0. The zero-order chi connectivity index (χ0) is 33.3. The molecular formula is C34H45N3O7. The molecule has 10 heteroatoms. The standard InChI is InChI=1S/C30H33N3O7.2C2H6/c1-4-17-20-11-14-9-19-18(13-5-7-16(8-6-13)33(2)3)10-15(12-31)24(34)22(19)26(36)21(14)27(37)30(20,40)28(38)23(25(17)35)29(32)39;2*1-2/h5-8,10,14,17,20,34,36,38,40H,4,9,11-12,31H2,1-3H3,(H2,32,39);2*1-2H3/t14?,17-,20+,30+;;/m1../s1. The van der Waals surface area contributed by atoms with Crippen molar-refractivity contribution in [3.05, 3.63) is 63.9 Å². The van der Waals surface area contributed by atoms with Crippen LogP contribution in [0.2, 0.25) is 0 Å². The van der Waals surface area contributed by atoms with Gasteiger partial charge in [0.15, 0.2) is 11.4 Å². The van der Waals surface area contributed by atoms with Crippen molar-refractivity contribution in [2.75, 3.05) is 19.0 Å². The number of amides is 1. The van der Waals surface area contributed by atoms with E-state index in [-0.39, 0.29) is 42.7 Å². The lowest BCUT2D eigenvalue weighted by atomic mass is 9.55. The number of ketones is 2. The van der Waals surface area contributed by atoms with Crippen molar-refractivity contribution in [3.8, 4) is 16.9 Å². The van der Waals surface area contributed by atoms with Crippen molar-refractivity contribution in [1.29, 1.82) is 0 Å². The summed E-state index contributed by atoms with van der Waals surface area (Å²) in [5.74, 6) is -7.48. The fraction of sp³-hybridized carbons (Fsp3) is 0.441. The molecule has 3 aliphatic rings. The first-order valence-corrected chi connectivity index (χ1v) is 15.2. The minimum Gasteiger partial charge on any atom is -0.508 e. The first kappa shape index (κ1) is 34.3. The number of rotatable bonds is 5. The SMILES string of the molecule is CC.CC.CC[C@H]1C(=O)C(C(N)=O)=C(O)[C@@]2(O)C(=O)C3=C(O)c4c(O)c(CN)cc(-c5ccc(N(C)C)cc5)c4CC3C[C@@H]12. The largest absolute Gasteiger partial charge is 0.508 e. The van der Waals surface area contributed by atoms with Gasteiger partial charge in [-0.1, -0.05) is 46.8 Å². The van der Waals surface area contributed by atoms with Crippen LogP contribution in [0.5, 0.6) is 5.75 Å². The molecule has 2 aromatic carbocycles. The third kappa shape index (κ3) is 5.16. The number of aliphatic hydroxyl groups is 3. The van der Waals surface area contributed by atoms with E-state index in [0.717, 1.165) is 16.8 Å². The molecule has 0 saturated heterocycles. The lowest BCUT2D eigenvalue weighted by molar-refractivity contribution is -0.153. The zero-order valence-corrected chi connectivity index (χ0v) is 26.6. The van der Waals surface area contributed by atoms with Crippen molar-refractivity contribution in [1.82, 2.24) is 0 Å². The summed E-state index contributed by atoms with van der Waals surface area (Å²) in [6.07, 6.45) is 0.482. The van der Waals surface area contributed by atoms with Gasteiger partial charge in [0.05, 0.1) is 5.56 Å². The van der Waals surface area contributed by atoms with E-state index in [2.05, 4.69) is 0 Å². The van der Waals surface area contributed by atoms with Gasteiger partial charge in [0.25, 0.3) is 5.91 Å². The molecule has 1 amide bonds. The van der Waals surface area contributed by atoms with E-state index in [1.165, 1.54) is 0 Å². The summed E-state index contributed by atoms with van der Waals surface area (Å²) in [5, 5.41) is 45.3. The van der Waals surface area contributed by atoms with E-state index >= 15 is 0 Å². The molecule has 4 atom stereocenters. The van der Waals surface area contributed by atoms with Crippen LogP contribution >= 0.6 is 0 Å². The lowest BCUT2D eigenvalue weighted by Crippen LogP contribution is -2.61. The highest BCUT2D eigenvalue weighted by molar-refractivity contribution is 6.23. The minimum atomic E-state index is -2.62. The average molecular weight is 608 g/mol. The summed E-state index contributed by atoms with van der Waals surface area (Å²) in [6, 6.07) is 9.49. The van der Waals surface area contributed by atoms with Crippen molar-refractivity contribution >= 4 is 28.9 Å². The van der Waals surface area contributed by atoms with E-state index < -0.39 is 57.9 Å².